The van der Waals surface area contributed by atoms with Gasteiger partial charge in [-0.15, -0.1) is 0 Å². The maximum absolute atomic E-state index is 13.7. The lowest BCUT2D eigenvalue weighted by Gasteiger charge is -2.64. The van der Waals surface area contributed by atoms with Crippen molar-refractivity contribution in [2.45, 2.75) is 172 Å². The molecule has 7 rings (SSSR count). The topological polar surface area (TPSA) is 219 Å². The van der Waals surface area contributed by atoms with Crippen LogP contribution in [0.2, 0.25) is 0 Å². The fourth-order valence-corrected chi connectivity index (χ4v) is 13.1. The number of carbonyl (C=O) groups excluding carboxylic acids is 4. The molecule has 1 spiro atoms. The van der Waals surface area contributed by atoms with Crippen LogP contribution in [0.4, 0.5) is 0 Å². The Morgan fingerprint density at radius 1 is 0.982 bits per heavy atom. The molecule has 15 heteroatoms. The highest BCUT2D eigenvalue weighted by molar-refractivity contribution is 5.80. The average Bonchev–Trinajstić information content (AvgIpc) is 3.37. The number of hydrogen-bond acceptors (Lipinski definition) is 15. The first-order valence-electron chi connectivity index (χ1n) is 20.7. The zero-order chi connectivity index (χ0) is 41.3. The van der Waals surface area contributed by atoms with Crippen LogP contribution in [0.3, 0.4) is 0 Å². The highest BCUT2D eigenvalue weighted by Crippen LogP contribution is 2.77. The molecular weight excluding hydrogens is 730 g/mol. The third-order valence-corrected chi connectivity index (χ3v) is 16.1. The molecule has 56 heavy (non-hydrogen) atoms. The molecule has 5 N–H and O–H groups in total. The summed E-state index contributed by atoms with van der Waals surface area (Å²) in [7, 11) is 0. The van der Waals surface area contributed by atoms with Gasteiger partial charge in [-0.1, -0.05) is 27.7 Å². The summed E-state index contributed by atoms with van der Waals surface area (Å²) in [4.78, 5) is 54.2. The van der Waals surface area contributed by atoms with Crippen LogP contribution in [-0.2, 0) is 42.9 Å². The molecule has 316 valence electrons. The van der Waals surface area contributed by atoms with E-state index in [4.69, 9.17) is 23.7 Å². The number of nitrogens with zero attached hydrogens (tertiary/aromatic N) is 1. The van der Waals surface area contributed by atoms with Crippen molar-refractivity contribution < 1.29 is 68.4 Å². The van der Waals surface area contributed by atoms with Crippen LogP contribution >= 0.6 is 0 Å². The molecule has 0 aromatic carbocycles. The van der Waals surface area contributed by atoms with Gasteiger partial charge < -0.3 is 49.2 Å². The Labute approximate surface area is 328 Å². The maximum Gasteiger partial charge on any atom is 0.342 e. The van der Waals surface area contributed by atoms with Crippen molar-refractivity contribution in [1.29, 1.82) is 0 Å². The predicted molar refractivity (Wildman–Crippen MR) is 195 cm³/mol. The Morgan fingerprint density at radius 3 is 2.29 bits per heavy atom. The number of aliphatic hydroxyl groups excluding tert-OH is 1. The van der Waals surface area contributed by atoms with Crippen LogP contribution in [0.5, 0.6) is 0 Å². The lowest BCUT2D eigenvalue weighted by Crippen LogP contribution is -2.77. The fourth-order valence-electron chi connectivity index (χ4n) is 13.1. The van der Waals surface area contributed by atoms with E-state index in [1.165, 1.54) is 13.8 Å². The van der Waals surface area contributed by atoms with E-state index in [1.807, 2.05) is 13.8 Å². The van der Waals surface area contributed by atoms with Crippen molar-refractivity contribution in [3.63, 3.8) is 0 Å². The second-order valence-electron chi connectivity index (χ2n) is 19.3. The summed E-state index contributed by atoms with van der Waals surface area (Å²) in [5, 5.41) is 62.8. The standard InChI is InChI=1S/C41H63NO14/c1-10-20(3)34(46)55-33-31(45)30-24(18-42-17-19(2)11-12-28(42)38(30,9)49)25-16-39-32(40(25,33)50)26(53-23(6)44)15-27-36(39,7)14-13-29(41(27,51)56-39)54-35(47)37(8,48)21(4)52-22(5)43/h19-21,24-33,45,48-51H,10-18H2,1-9H3/t19-,20?,21?,24-,25-,26+,27-,28-,29-,30?,31+,32?,33-,36-,37?,38+,39+,40-,41+/m0/s1. The number of aliphatic hydroxyl groups is 5. The number of ether oxygens (including phenoxy) is 5. The summed E-state index contributed by atoms with van der Waals surface area (Å²) in [6.45, 7) is 15.4. The molecular formula is C41H63NO14. The molecule has 3 aliphatic heterocycles. The summed E-state index contributed by atoms with van der Waals surface area (Å²) < 4.78 is 30.3. The predicted octanol–water partition coefficient (Wildman–Crippen LogP) is 1.61. The monoisotopic (exact) mass is 793 g/mol. The van der Waals surface area contributed by atoms with E-state index >= 15 is 0 Å². The molecule has 7 aliphatic rings. The number of carbonyl (C=O) groups is 4. The van der Waals surface area contributed by atoms with Gasteiger partial charge >= 0.3 is 23.9 Å². The number of hydrogen-bond donors (Lipinski definition) is 5. The lowest BCUT2D eigenvalue weighted by molar-refractivity contribution is -0.301. The van der Waals surface area contributed by atoms with Gasteiger partial charge in [-0.05, 0) is 83.5 Å². The van der Waals surface area contributed by atoms with Crippen molar-refractivity contribution in [1.82, 2.24) is 4.90 Å². The van der Waals surface area contributed by atoms with E-state index < -0.39 is 124 Å². The first-order chi connectivity index (χ1) is 25.9. The SMILES string of the molecule is CCC(C)C(=O)O[C@H]1[C@H](O)C2[C@@H](CN3C[C@@H](C)CC[C@H]3[C@@]2(C)O)[C@@H]2C[C@]34O[C@@]5(O)[C@@H](OC(=O)C(C)(O)C(C)OC(C)=O)CC[C@@]3(C)[C@@H]5C[C@@H](OC(C)=O)C4[C@@]21O. The number of esters is 4. The van der Waals surface area contributed by atoms with Crippen LogP contribution in [0.1, 0.15) is 107 Å². The second-order valence-corrected chi connectivity index (χ2v) is 19.3. The number of fused-ring (bicyclic) bond motifs is 5. The molecule has 4 bridgehead atoms. The third-order valence-electron chi connectivity index (χ3n) is 16.1. The zero-order valence-corrected chi connectivity index (χ0v) is 34.2. The zero-order valence-electron chi connectivity index (χ0n) is 34.2. The van der Waals surface area contributed by atoms with E-state index in [1.54, 1.807) is 13.8 Å². The van der Waals surface area contributed by atoms with E-state index in [0.29, 0.717) is 38.3 Å². The minimum atomic E-state index is -2.28. The first kappa shape index (κ1) is 41.7. The molecule has 5 unspecified atom stereocenters. The van der Waals surface area contributed by atoms with Gasteiger partial charge in [-0.25, -0.2) is 4.79 Å². The van der Waals surface area contributed by atoms with Crippen LogP contribution in [0.25, 0.3) is 0 Å². The Morgan fingerprint density at radius 2 is 1.66 bits per heavy atom. The summed E-state index contributed by atoms with van der Waals surface area (Å²) in [6.07, 6.45) is -4.21. The largest absolute Gasteiger partial charge is 0.462 e. The second kappa shape index (κ2) is 13.6. The van der Waals surface area contributed by atoms with E-state index in [-0.39, 0.29) is 25.3 Å². The number of piperidine rings is 2. The molecule has 15 nitrogen and oxygen atoms in total. The fraction of sp³-hybridized carbons (Fsp3) is 0.902. The first-order valence-corrected chi connectivity index (χ1v) is 20.7. The van der Waals surface area contributed by atoms with Crippen LogP contribution in [-0.4, -0.2) is 132 Å². The Balaban J connectivity index is 1.35. The van der Waals surface area contributed by atoms with Crippen LogP contribution in [0.15, 0.2) is 0 Å². The van der Waals surface area contributed by atoms with Crippen LogP contribution in [0, 0.1) is 46.8 Å². The van der Waals surface area contributed by atoms with E-state index in [9.17, 15) is 44.7 Å². The maximum atomic E-state index is 13.7. The lowest BCUT2D eigenvalue weighted by atomic mass is 9.49. The minimum Gasteiger partial charge on any atom is -0.462 e. The molecule has 0 radical (unpaired) electrons. The summed E-state index contributed by atoms with van der Waals surface area (Å²) >= 11 is 0. The Hall–Kier alpha value is -2.40. The van der Waals surface area contributed by atoms with Gasteiger partial charge in [0, 0.05) is 50.2 Å². The Kier molecular flexibility index (Phi) is 10.1. The molecule has 0 aromatic rings. The average molecular weight is 794 g/mol. The Bertz CT molecular complexity index is 1620. The van der Waals surface area contributed by atoms with Gasteiger partial charge in [-0.3, -0.25) is 19.3 Å². The van der Waals surface area contributed by atoms with Crippen LogP contribution < -0.4 is 0 Å². The normalized spacial score (nSPS) is 49.8. The highest BCUT2D eigenvalue weighted by atomic mass is 16.7. The number of rotatable bonds is 8. The van der Waals surface area contributed by atoms with Crippen molar-refractivity contribution in [2.75, 3.05) is 13.1 Å². The third kappa shape index (κ3) is 5.67. The highest BCUT2D eigenvalue weighted by Gasteiger charge is 2.88. The molecule has 3 saturated heterocycles. The van der Waals surface area contributed by atoms with Gasteiger partial charge in [0.25, 0.3) is 0 Å². The molecule has 4 aliphatic carbocycles. The van der Waals surface area contributed by atoms with Gasteiger partial charge in [0.2, 0.25) is 5.79 Å². The van der Waals surface area contributed by atoms with Crippen molar-refractivity contribution in [3.8, 4) is 0 Å². The quantitative estimate of drug-likeness (QED) is 0.174. The smallest absolute Gasteiger partial charge is 0.342 e. The minimum absolute atomic E-state index is 0.0258. The summed E-state index contributed by atoms with van der Waals surface area (Å²) in [5.41, 5.74) is -8.17. The molecule has 3 heterocycles. The molecule has 4 saturated carbocycles. The van der Waals surface area contributed by atoms with Crippen molar-refractivity contribution in [2.24, 2.45) is 46.8 Å². The van der Waals surface area contributed by atoms with Crippen molar-refractivity contribution in [3.05, 3.63) is 0 Å². The van der Waals surface area contributed by atoms with Gasteiger partial charge in [0.1, 0.15) is 17.8 Å². The van der Waals surface area contributed by atoms with Gasteiger partial charge in [0.05, 0.1) is 29.1 Å². The van der Waals surface area contributed by atoms with Crippen molar-refractivity contribution >= 4 is 23.9 Å². The van der Waals surface area contributed by atoms with E-state index in [0.717, 1.165) is 20.3 Å². The molecule has 0 aromatic heterocycles. The van der Waals surface area contributed by atoms with E-state index in [2.05, 4.69) is 11.8 Å². The summed E-state index contributed by atoms with van der Waals surface area (Å²) in [5.74, 6) is -9.57. The summed E-state index contributed by atoms with van der Waals surface area (Å²) in [6, 6.07) is -0.275. The molecule has 19 atom stereocenters. The van der Waals surface area contributed by atoms with Gasteiger partial charge in [-0.2, -0.15) is 0 Å². The molecule has 0 amide bonds. The molecule has 7 fully saturated rings. The van der Waals surface area contributed by atoms with Gasteiger partial charge in [0.15, 0.2) is 17.8 Å².